The molecule has 1 amide bonds. The van der Waals surface area contributed by atoms with Crippen molar-refractivity contribution in [2.75, 3.05) is 12.3 Å². The first-order valence-electron chi connectivity index (χ1n) is 4.70. The van der Waals surface area contributed by atoms with Crippen LogP contribution in [-0.4, -0.2) is 18.6 Å². The number of nitrogens with one attached hydrogen (secondary N) is 1. The van der Waals surface area contributed by atoms with E-state index in [1.54, 1.807) is 6.07 Å². The van der Waals surface area contributed by atoms with E-state index in [1.165, 1.54) is 12.1 Å². The average molecular weight is 267 g/mol. The summed E-state index contributed by atoms with van der Waals surface area (Å²) in [6.07, 6.45) is -5.40. The van der Waals surface area contributed by atoms with Gasteiger partial charge in [0.15, 0.2) is 0 Å². The highest BCUT2D eigenvalue weighted by atomic mass is 35.5. The van der Waals surface area contributed by atoms with Gasteiger partial charge < -0.3 is 11.1 Å². The maximum absolute atomic E-state index is 11.9. The van der Waals surface area contributed by atoms with Gasteiger partial charge >= 0.3 is 6.18 Å². The zero-order valence-corrected chi connectivity index (χ0v) is 9.40. The van der Waals surface area contributed by atoms with Crippen LogP contribution in [0, 0.1) is 0 Å². The fourth-order valence-electron chi connectivity index (χ4n) is 1.19. The number of hydrogen-bond donors (Lipinski definition) is 2. The van der Waals surface area contributed by atoms with E-state index in [2.05, 4.69) is 5.32 Å². The summed E-state index contributed by atoms with van der Waals surface area (Å²) in [4.78, 5) is 11.5. The molecule has 0 aromatic heterocycles. The Balaban J connectivity index is 2.65. The highest BCUT2D eigenvalue weighted by molar-refractivity contribution is 6.34. The number of alkyl halides is 3. The largest absolute Gasteiger partial charge is 0.398 e. The predicted octanol–water partition coefficient (Wildman–Crippen LogP) is 2.60. The summed E-state index contributed by atoms with van der Waals surface area (Å²) in [5.41, 5.74) is 5.64. The Bertz CT molecular complexity index is 400. The lowest BCUT2D eigenvalue weighted by molar-refractivity contribution is -0.132. The lowest BCUT2D eigenvalue weighted by atomic mass is 10.1. The number of rotatable bonds is 3. The Morgan fingerprint density at radius 2 is 2.06 bits per heavy atom. The third kappa shape index (κ3) is 4.14. The molecule has 0 spiro atoms. The second-order valence-electron chi connectivity index (χ2n) is 3.33. The van der Waals surface area contributed by atoms with Crippen molar-refractivity contribution in [3.05, 3.63) is 28.8 Å². The monoisotopic (exact) mass is 266 g/mol. The fraction of sp³-hybridized carbons (Fsp3) is 0.300. The molecule has 0 saturated carbocycles. The summed E-state index contributed by atoms with van der Waals surface area (Å²) >= 11 is 5.73. The number of halogens is 4. The van der Waals surface area contributed by atoms with Crippen LogP contribution in [0.15, 0.2) is 18.2 Å². The summed E-state index contributed by atoms with van der Waals surface area (Å²) in [7, 11) is 0. The van der Waals surface area contributed by atoms with Gasteiger partial charge in [-0.1, -0.05) is 17.7 Å². The number of nitrogens with two attached hydrogens (primary N) is 1. The van der Waals surface area contributed by atoms with Crippen molar-refractivity contribution >= 4 is 23.2 Å². The molecule has 0 fully saturated rings. The topological polar surface area (TPSA) is 55.1 Å². The van der Waals surface area contributed by atoms with Crippen LogP contribution >= 0.6 is 11.6 Å². The average Bonchev–Trinajstić information content (AvgIpc) is 2.15. The third-order valence-electron chi connectivity index (χ3n) is 1.97. The van der Waals surface area contributed by atoms with E-state index < -0.39 is 25.0 Å². The summed E-state index contributed by atoms with van der Waals surface area (Å²) in [5.74, 6) is -0.711. The molecule has 0 unspecified atom stereocenters. The number of nitrogen functional groups attached to an aromatic ring is 1. The predicted molar refractivity (Wildman–Crippen MR) is 58.9 cm³/mol. The molecule has 0 saturated heterocycles. The second-order valence-corrected chi connectivity index (χ2v) is 3.73. The van der Waals surface area contributed by atoms with Crippen molar-refractivity contribution in [3.63, 3.8) is 0 Å². The highest BCUT2D eigenvalue weighted by Gasteiger charge is 2.26. The fourth-order valence-corrected chi connectivity index (χ4v) is 1.45. The molecule has 0 atom stereocenters. The first-order valence-corrected chi connectivity index (χ1v) is 5.08. The first-order chi connectivity index (χ1) is 7.81. The third-order valence-corrected chi connectivity index (χ3v) is 2.28. The normalized spacial score (nSPS) is 11.3. The Morgan fingerprint density at radius 3 is 2.59 bits per heavy atom. The minimum Gasteiger partial charge on any atom is -0.398 e. The van der Waals surface area contributed by atoms with Gasteiger partial charge in [-0.05, 0) is 12.1 Å². The van der Waals surface area contributed by atoms with E-state index in [1.807, 2.05) is 0 Å². The van der Waals surface area contributed by atoms with E-state index in [-0.39, 0.29) is 16.3 Å². The van der Waals surface area contributed by atoms with Crippen LogP contribution in [0.2, 0.25) is 5.02 Å². The van der Waals surface area contributed by atoms with Crippen molar-refractivity contribution in [2.45, 2.75) is 12.6 Å². The summed E-state index contributed by atoms with van der Waals surface area (Å²) < 4.78 is 35.6. The van der Waals surface area contributed by atoms with E-state index in [4.69, 9.17) is 17.3 Å². The zero-order chi connectivity index (χ0) is 13.1. The van der Waals surface area contributed by atoms with Gasteiger partial charge in [-0.25, -0.2) is 0 Å². The number of carbonyl (C=O) groups is 1. The zero-order valence-electron chi connectivity index (χ0n) is 8.64. The minimum atomic E-state index is -4.31. The molecule has 0 aliphatic rings. The maximum atomic E-state index is 11.9. The summed E-state index contributed by atoms with van der Waals surface area (Å²) in [6.45, 7) is -0.507. The minimum absolute atomic E-state index is 0.00339. The van der Waals surface area contributed by atoms with Gasteiger partial charge in [-0.3, -0.25) is 4.79 Å². The van der Waals surface area contributed by atoms with E-state index in [0.29, 0.717) is 0 Å². The molecule has 3 N–H and O–H groups in total. The molecule has 1 rings (SSSR count). The van der Waals surface area contributed by atoms with Gasteiger partial charge in [0.25, 0.3) is 5.91 Å². The summed E-state index contributed by atoms with van der Waals surface area (Å²) in [5, 5.41) is 2.22. The Labute approximate surface area is 101 Å². The van der Waals surface area contributed by atoms with Crippen LogP contribution in [0.25, 0.3) is 0 Å². The Morgan fingerprint density at radius 1 is 1.41 bits per heavy atom. The van der Waals surface area contributed by atoms with Crippen molar-refractivity contribution in [3.8, 4) is 0 Å². The SMILES string of the molecule is Nc1cccc(Cl)c1C(=O)NCCC(F)(F)F. The van der Waals surface area contributed by atoms with Gasteiger partial charge in [0.2, 0.25) is 0 Å². The summed E-state index contributed by atoms with van der Waals surface area (Å²) in [6, 6.07) is 4.44. The quantitative estimate of drug-likeness (QED) is 0.826. The van der Waals surface area contributed by atoms with Crippen molar-refractivity contribution < 1.29 is 18.0 Å². The van der Waals surface area contributed by atoms with Gasteiger partial charge in [0, 0.05) is 12.2 Å². The molecule has 94 valence electrons. The van der Waals surface area contributed by atoms with Crippen molar-refractivity contribution in [2.24, 2.45) is 0 Å². The van der Waals surface area contributed by atoms with E-state index in [0.717, 1.165) is 0 Å². The van der Waals surface area contributed by atoms with Crippen LogP contribution in [0.1, 0.15) is 16.8 Å². The Kier molecular flexibility index (Phi) is 4.22. The molecular weight excluding hydrogens is 257 g/mol. The maximum Gasteiger partial charge on any atom is 0.390 e. The van der Waals surface area contributed by atoms with Crippen LogP contribution in [0.4, 0.5) is 18.9 Å². The molecule has 17 heavy (non-hydrogen) atoms. The first kappa shape index (κ1) is 13.6. The molecule has 1 aromatic rings. The number of anilines is 1. The molecule has 0 aliphatic carbocycles. The molecule has 1 aromatic carbocycles. The molecule has 0 aliphatic heterocycles. The van der Waals surface area contributed by atoms with Gasteiger partial charge in [-0.2, -0.15) is 13.2 Å². The molecule has 0 bridgehead atoms. The number of carbonyl (C=O) groups excluding carboxylic acids is 1. The smallest absolute Gasteiger partial charge is 0.390 e. The lowest BCUT2D eigenvalue weighted by Crippen LogP contribution is -2.28. The van der Waals surface area contributed by atoms with Gasteiger partial charge in [0.05, 0.1) is 17.0 Å². The molecule has 0 heterocycles. The van der Waals surface area contributed by atoms with Crippen LogP contribution in [-0.2, 0) is 0 Å². The van der Waals surface area contributed by atoms with Gasteiger partial charge in [0.1, 0.15) is 0 Å². The molecule has 0 radical (unpaired) electrons. The molecule has 7 heteroatoms. The van der Waals surface area contributed by atoms with Crippen molar-refractivity contribution in [1.29, 1.82) is 0 Å². The Hall–Kier alpha value is -1.43. The van der Waals surface area contributed by atoms with Crippen molar-refractivity contribution in [1.82, 2.24) is 5.32 Å². The van der Waals surface area contributed by atoms with Crippen LogP contribution < -0.4 is 11.1 Å². The lowest BCUT2D eigenvalue weighted by Gasteiger charge is -2.10. The number of benzene rings is 1. The number of hydrogen-bond acceptors (Lipinski definition) is 2. The van der Waals surface area contributed by atoms with Gasteiger partial charge in [-0.15, -0.1) is 0 Å². The molecular formula is C10H10ClF3N2O. The van der Waals surface area contributed by atoms with Crippen LogP contribution in [0.5, 0.6) is 0 Å². The highest BCUT2D eigenvalue weighted by Crippen LogP contribution is 2.22. The standard InChI is InChI=1S/C10H10ClF3N2O/c11-6-2-1-3-7(15)8(6)9(17)16-5-4-10(12,13)14/h1-3H,4-5,15H2,(H,16,17). The van der Waals surface area contributed by atoms with E-state index in [9.17, 15) is 18.0 Å². The second kappa shape index (κ2) is 5.27. The number of amides is 1. The van der Waals surface area contributed by atoms with E-state index >= 15 is 0 Å². The van der Waals surface area contributed by atoms with Crippen LogP contribution in [0.3, 0.4) is 0 Å². The molecule has 3 nitrogen and oxygen atoms in total.